The zero-order chi connectivity index (χ0) is 17.6. The molecular formula is C19H23FN4S. The molecular weight excluding hydrogens is 335 g/mol. The van der Waals surface area contributed by atoms with Gasteiger partial charge in [0.05, 0.1) is 12.7 Å². The van der Waals surface area contributed by atoms with Crippen LogP contribution in [0, 0.1) is 5.82 Å². The molecule has 1 heterocycles. The van der Waals surface area contributed by atoms with E-state index in [0.717, 1.165) is 10.7 Å². The van der Waals surface area contributed by atoms with Crippen LogP contribution >= 0.6 is 11.8 Å². The number of nitrogens with one attached hydrogen (secondary N) is 3. The van der Waals surface area contributed by atoms with Gasteiger partial charge in [0.2, 0.25) is 0 Å². The third kappa shape index (κ3) is 4.39. The summed E-state index contributed by atoms with van der Waals surface area (Å²) < 4.78 is 14.3. The SMILES string of the molecule is CSC(=NCc1ccccc1)NC1NNC(C)C1c1ccccc1F. The summed E-state index contributed by atoms with van der Waals surface area (Å²) in [4.78, 5) is 4.66. The highest BCUT2D eigenvalue weighted by Crippen LogP contribution is 2.28. The van der Waals surface area contributed by atoms with Crippen molar-refractivity contribution in [3.63, 3.8) is 0 Å². The van der Waals surface area contributed by atoms with Gasteiger partial charge in [0.1, 0.15) is 5.82 Å². The number of hydrogen-bond acceptors (Lipinski definition) is 4. The van der Waals surface area contributed by atoms with Crippen LogP contribution in [0.4, 0.5) is 4.39 Å². The summed E-state index contributed by atoms with van der Waals surface area (Å²) >= 11 is 1.56. The summed E-state index contributed by atoms with van der Waals surface area (Å²) in [5, 5.41) is 4.25. The molecule has 132 valence electrons. The van der Waals surface area contributed by atoms with Gasteiger partial charge in [0, 0.05) is 12.0 Å². The third-order valence-electron chi connectivity index (χ3n) is 4.35. The molecule has 0 aliphatic carbocycles. The van der Waals surface area contributed by atoms with E-state index in [2.05, 4.69) is 33.3 Å². The first-order valence-electron chi connectivity index (χ1n) is 8.33. The number of nitrogens with zero attached hydrogens (tertiary/aromatic N) is 1. The normalized spacial score (nSPS) is 23.6. The van der Waals surface area contributed by atoms with Crippen molar-refractivity contribution in [1.29, 1.82) is 0 Å². The zero-order valence-electron chi connectivity index (χ0n) is 14.4. The minimum Gasteiger partial charge on any atom is -0.348 e. The Labute approximate surface area is 152 Å². The maximum absolute atomic E-state index is 14.3. The second-order valence-corrected chi connectivity index (χ2v) is 6.85. The van der Waals surface area contributed by atoms with Gasteiger partial charge in [-0.2, -0.15) is 0 Å². The van der Waals surface area contributed by atoms with Crippen molar-refractivity contribution >= 4 is 16.9 Å². The predicted octanol–water partition coefficient (Wildman–Crippen LogP) is 3.24. The summed E-state index contributed by atoms with van der Waals surface area (Å²) in [5.41, 5.74) is 8.29. The summed E-state index contributed by atoms with van der Waals surface area (Å²) in [5.74, 6) is -0.209. The van der Waals surface area contributed by atoms with Gasteiger partial charge >= 0.3 is 0 Å². The number of hydrogen-bond donors (Lipinski definition) is 3. The number of halogens is 1. The lowest BCUT2D eigenvalue weighted by Crippen LogP contribution is -2.45. The Hall–Kier alpha value is -1.89. The molecule has 0 radical (unpaired) electrons. The Kier molecular flexibility index (Phi) is 6.07. The Bertz CT molecular complexity index is 722. The maximum Gasteiger partial charge on any atom is 0.157 e. The molecule has 0 bridgehead atoms. The maximum atomic E-state index is 14.3. The molecule has 3 unspecified atom stereocenters. The van der Waals surface area contributed by atoms with Crippen molar-refractivity contribution in [1.82, 2.24) is 16.2 Å². The van der Waals surface area contributed by atoms with Crippen LogP contribution in [0.5, 0.6) is 0 Å². The first-order valence-corrected chi connectivity index (χ1v) is 9.56. The van der Waals surface area contributed by atoms with Crippen LogP contribution in [-0.2, 0) is 6.54 Å². The number of aliphatic imine (C=N–C) groups is 1. The van der Waals surface area contributed by atoms with Crippen LogP contribution in [0.1, 0.15) is 24.0 Å². The van der Waals surface area contributed by atoms with Crippen LogP contribution in [0.2, 0.25) is 0 Å². The lowest BCUT2D eigenvalue weighted by Gasteiger charge is -2.24. The van der Waals surface area contributed by atoms with E-state index in [-0.39, 0.29) is 23.9 Å². The molecule has 1 aliphatic heterocycles. The van der Waals surface area contributed by atoms with Gasteiger partial charge in [-0.05, 0) is 30.4 Å². The topological polar surface area (TPSA) is 48.5 Å². The van der Waals surface area contributed by atoms with E-state index in [1.807, 2.05) is 43.5 Å². The van der Waals surface area contributed by atoms with Crippen molar-refractivity contribution in [2.24, 2.45) is 4.99 Å². The minimum atomic E-state index is -0.177. The molecule has 3 rings (SSSR count). The Balaban J connectivity index is 1.74. The fraction of sp³-hybridized carbons (Fsp3) is 0.316. The zero-order valence-corrected chi connectivity index (χ0v) is 15.2. The van der Waals surface area contributed by atoms with E-state index in [1.54, 1.807) is 17.8 Å². The standard InChI is InChI=1S/C19H23FN4S/c1-13-17(15-10-6-7-11-16(15)20)18(24-23-13)22-19(25-2)21-12-14-8-4-3-5-9-14/h3-11,13,17-18,23-24H,12H2,1-2H3,(H,21,22). The van der Waals surface area contributed by atoms with Crippen molar-refractivity contribution in [3.05, 3.63) is 71.5 Å². The largest absolute Gasteiger partial charge is 0.348 e. The highest BCUT2D eigenvalue weighted by molar-refractivity contribution is 8.13. The van der Waals surface area contributed by atoms with E-state index >= 15 is 0 Å². The fourth-order valence-electron chi connectivity index (χ4n) is 3.06. The van der Waals surface area contributed by atoms with Crippen molar-refractivity contribution < 1.29 is 4.39 Å². The smallest absolute Gasteiger partial charge is 0.157 e. The molecule has 6 heteroatoms. The Morgan fingerprint density at radius 3 is 2.56 bits per heavy atom. The first kappa shape index (κ1) is 17.9. The lowest BCUT2D eigenvalue weighted by atomic mass is 9.91. The molecule has 4 nitrogen and oxygen atoms in total. The monoisotopic (exact) mass is 358 g/mol. The second-order valence-electron chi connectivity index (χ2n) is 6.06. The van der Waals surface area contributed by atoms with Crippen molar-refractivity contribution in [2.75, 3.05) is 6.26 Å². The molecule has 1 saturated heterocycles. The van der Waals surface area contributed by atoms with Gasteiger partial charge in [-0.25, -0.2) is 9.82 Å². The summed E-state index contributed by atoms with van der Waals surface area (Å²) in [6.45, 7) is 2.66. The Morgan fingerprint density at radius 1 is 1.12 bits per heavy atom. The van der Waals surface area contributed by atoms with Gasteiger partial charge < -0.3 is 5.32 Å². The predicted molar refractivity (Wildman–Crippen MR) is 103 cm³/mol. The summed E-state index contributed by atoms with van der Waals surface area (Å²) in [6.07, 6.45) is 1.86. The minimum absolute atomic E-state index is 0.0322. The van der Waals surface area contributed by atoms with Gasteiger partial charge in [-0.15, -0.1) is 0 Å². The van der Waals surface area contributed by atoms with E-state index in [1.165, 1.54) is 6.07 Å². The lowest BCUT2D eigenvalue weighted by molar-refractivity contribution is 0.481. The van der Waals surface area contributed by atoms with Crippen LogP contribution in [0.3, 0.4) is 0 Å². The second kappa shape index (κ2) is 8.47. The molecule has 0 saturated carbocycles. The fourth-order valence-corrected chi connectivity index (χ4v) is 3.50. The highest BCUT2D eigenvalue weighted by Gasteiger charge is 2.36. The van der Waals surface area contributed by atoms with Gasteiger partial charge in [0.25, 0.3) is 0 Å². The van der Waals surface area contributed by atoms with E-state index in [4.69, 9.17) is 0 Å². The molecule has 3 atom stereocenters. The number of thioether (sulfide) groups is 1. The molecule has 1 fully saturated rings. The van der Waals surface area contributed by atoms with Crippen molar-refractivity contribution in [2.45, 2.75) is 31.6 Å². The van der Waals surface area contributed by atoms with Gasteiger partial charge in [-0.1, -0.05) is 60.3 Å². The quantitative estimate of drug-likeness (QED) is 0.580. The van der Waals surface area contributed by atoms with E-state index < -0.39 is 0 Å². The molecule has 2 aromatic rings. The molecule has 2 aromatic carbocycles. The third-order valence-corrected chi connectivity index (χ3v) is 4.98. The van der Waals surface area contributed by atoms with E-state index in [0.29, 0.717) is 12.1 Å². The number of rotatable bonds is 4. The van der Waals surface area contributed by atoms with Crippen LogP contribution < -0.4 is 16.2 Å². The highest BCUT2D eigenvalue weighted by atomic mass is 32.2. The molecule has 3 N–H and O–H groups in total. The molecule has 0 spiro atoms. The van der Waals surface area contributed by atoms with Gasteiger partial charge in [-0.3, -0.25) is 10.4 Å². The van der Waals surface area contributed by atoms with Crippen LogP contribution in [0.25, 0.3) is 0 Å². The van der Waals surface area contributed by atoms with Crippen molar-refractivity contribution in [3.8, 4) is 0 Å². The molecule has 0 amide bonds. The average Bonchev–Trinajstić information content (AvgIpc) is 3.00. The number of benzene rings is 2. The number of amidine groups is 1. The van der Waals surface area contributed by atoms with Crippen LogP contribution in [-0.4, -0.2) is 23.6 Å². The molecule has 25 heavy (non-hydrogen) atoms. The van der Waals surface area contributed by atoms with Crippen LogP contribution in [0.15, 0.2) is 59.6 Å². The molecule has 0 aromatic heterocycles. The van der Waals surface area contributed by atoms with E-state index in [9.17, 15) is 4.39 Å². The molecule has 1 aliphatic rings. The summed E-state index contributed by atoms with van der Waals surface area (Å²) in [6, 6.07) is 17.2. The van der Waals surface area contributed by atoms with Gasteiger partial charge in [0.15, 0.2) is 5.17 Å². The number of hydrazine groups is 1. The average molecular weight is 358 g/mol. The first-order chi connectivity index (χ1) is 12.2. The summed E-state index contributed by atoms with van der Waals surface area (Å²) in [7, 11) is 0. The Morgan fingerprint density at radius 2 is 1.84 bits per heavy atom.